The van der Waals surface area contributed by atoms with Gasteiger partial charge in [-0.15, -0.1) is 0 Å². The maximum atomic E-state index is 12.5. The minimum absolute atomic E-state index is 0.0429. The molecule has 0 heterocycles. The van der Waals surface area contributed by atoms with E-state index in [1.807, 2.05) is 13.0 Å². The van der Waals surface area contributed by atoms with Gasteiger partial charge in [-0.1, -0.05) is 17.7 Å². The van der Waals surface area contributed by atoms with Gasteiger partial charge in [0.15, 0.2) is 5.75 Å². The number of carbonyl (C=O) groups excluding carboxylic acids is 1. The molecule has 0 saturated heterocycles. The Morgan fingerprint density at radius 3 is 2.30 bits per heavy atom. The van der Waals surface area contributed by atoms with Crippen molar-refractivity contribution in [1.29, 1.82) is 5.26 Å². The average Bonchev–Trinajstić information content (AvgIpc) is 2.55. The molecule has 0 bridgehead atoms. The molecule has 1 amide bonds. The Kier molecular flexibility index (Phi) is 5.76. The topological polar surface area (TPSA) is 105 Å². The number of hydrogen-bond acceptors (Lipinski definition) is 6. The van der Waals surface area contributed by atoms with Gasteiger partial charge in [0, 0.05) is 6.07 Å². The summed E-state index contributed by atoms with van der Waals surface area (Å²) in [5, 5.41) is 11.5. The first-order valence-electron chi connectivity index (χ1n) is 8.05. The average molecular weight is 388 g/mol. The first-order valence-corrected chi connectivity index (χ1v) is 9.46. The van der Waals surface area contributed by atoms with Crippen molar-refractivity contribution in [3.63, 3.8) is 0 Å². The minimum atomic E-state index is -4.15. The number of hydrogen-bond donors (Lipinski definition) is 1. The number of nitriles is 1. The van der Waals surface area contributed by atoms with Gasteiger partial charge in [0.2, 0.25) is 0 Å². The maximum Gasteiger partial charge on any atom is 0.412 e. The molecule has 2 aromatic carbocycles. The number of anilines is 1. The summed E-state index contributed by atoms with van der Waals surface area (Å²) in [4.78, 5) is 12.0. The normalized spacial score (nSPS) is 11.4. The highest BCUT2D eigenvalue weighted by molar-refractivity contribution is 7.87. The van der Waals surface area contributed by atoms with Crippen molar-refractivity contribution >= 4 is 21.9 Å². The molecule has 0 fully saturated rings. The number of ether oxygens (including phenoxy) is 1. The highest BCUT2D eigenvalue weighted by Gasteiger charge is 2.22. The largest absolute Gasteiger partial charge is 0.444 e. The molecule has 0 saturated carbocycles. The van der Waals surface area contributed by atoms with E-state index in [1.165, 1.54) is 30.3 Å². The summed E-state index contributed by atoms with van der Waals surface area (Å²) in [7, 11) is -4.15. The SMILES string of the molecule is Cc1ccc(S(=O)(=O)Oc2cc(C#N)ccc2NC(=O)OC(C)(C)C)cc1. The fraction of sp³-hybridized carbons (Fsp3) is 0.263. The van der Waals surface area contributed by atoms with E-state index in [0.29, 0.717) is 0 Å². The van der Waals surface area contributed by atoms with Gasteiger partial charge in [-0.2, -0.15) is 13.7 Å². The number of benzene rings is 2. The van der Waals surface area contributed by atoms with Crippen molar-refractivity contribution in [2.24, 2.45) is 0 Å². The Bertz CT molecular complexity index is 984. The van der Waals surface area contributed by atoms with Crippen LogP contribution in [-0.2, 0) is 14.9 Å². The van der Waals surface area contributed by atoms with E-state index < -0.39 is 21.8 Å². The first-order chi connectivity index (χ1) is 12.5. The summed E-state index contributed by atoms with van der Waals surface area (Å²) in [6, 6.07) is 12.1. The molecule has 0 radical (unpaired) electrons. The van der Waals surface area contributed by atoms with Crippen molar-refractivity contribution in [1.82, 2.24) is 0 Å². The quantitative estimate of drug-likeness (QED) is 0.794. The number of nitrogens with one attached hydrogen (secondary N) is 1. The number of carbonyl (C=O) groups is 1. The second kappa shape index (κ2) is 7.68. The molecular formula is C19H20N2O5S. The Morgan fingerprint density at radius 2 is 1.74 bits per heavy atom. The number of nitrogens with zero attached hydrogens (tertiary/aromatic N) is 1. The van der Waals surface area contributed by atoms with Crippen LogP contribution in [0.25, 0.3) is 0 Å². The van der Waals surface area contributed by atoms with Crippen LogP contribution in [0.3, 0.4) is 0 Å². The molecule has 0 aliphatic carbocycles. The summed E-state index contributed by atoms with van der Waals surface area (Å²) in [5.74, 6) is -0.180. The van der Waals surface area contributed by atoms with Gasteiger partial charge in [-0.05, 0) is 52.0 Å². The Balaban J connectivity index is 2.35. The molecular weight excluding hydrogens is 368 g/mol. The molecule has 0 atom stereocenters. The Hall–Kier alpha value is -3.05. The van der Waals surface area contributed by atoms with E-state index in [4.69, 9.17) is 14.2 Å². The summed E-state index contributed by atoms with van der Waals surface area (Å²) in [5.41, 5.74) is 0.413. The van der Waals surface area contributed by atoms with Gasteiger partial charge >= 0.3 is 16.2 Å². The van der Waals surface area contributed by atoms with Gasteiger partial charge < -0.3 is 8.92 Å². The van der Waals surface area contributed by atoms with Crippen LogP contribution >= 0.6 is 0 Å². The zero-order valence-electron chi connectivity index (χ0n) is 15.4. The van der Waals surface area contributed by atoms with Crippen LogP contribution in [-0.4, -0.2) is 20.1 Å². The Morgan fingerprint density at radius 1 is 1.11 bits per heavy atom. The first kappa shape index (κ1) is 20.3. The third-order valence-electron chi connectivity index (χ3n) is 3.26. The molecule has 1 N–H and O–H groups in total. The van der Waals surface area contributed by atoms with Crippen molar-refractivity contribution in [2.45, 2.75) is 38.2 Å². The van der Waals surface area contributed by atoms with E-state index in [2.05, 4.69) is 5.32 Å². The lowest BCUT2D eigenvalue weighted by Crippen LogP contribution is -2.27. The van der Waals surface area contributed by atoms with Crippen molar-refractivity contribution in [3.8, 4) is 11.8 Å². The molecule has 2 rings (SSSR count). The molecule has 0 aliphatic heterocycles. The van der Waals surface area contributed by atoms with Crippen LogP contribution in [0.1, 0.15) is 31.9 Å². The van der Waals surface area contributed by atoms with Crippen LogP contribution in [0.5, 0.6) is 5.75 Å². The monoisotopic (exact) mass is 388 g/mol. The molecule has 2 aromatic rings. The zero-order valence-corrected chi connectivity index (χ0v) is 16.3. The highest BCUT2D eigenvalue weighted by atomic mass is 32.2. The van der Waals surface area contributed by atoms with Crippen LogP contribution < -0.4 is 9.50 Å². The van der Waals surface area contributed by atoms with Gasteiger partial charge in [0.1, 0.15) is 10.5 Å². The molecule has 0 unspecified atom stereocenters. The molecule has 142 valence electrons. The van der Waals surface area contributed by atoms with E-state index >= 15 is 0 Å². The van der Waals surface area contributed by atoms with Crippen LogP contribution in [0.2, 0.25) is 0 Å². The maximum absolute atomic E-state index is 12.5. The van der Waals surface area contributed by atoms with Gasteiger partial charge in [-0.3, -0.25) is 5.32 Å². The summed E-state index contributed by atoms with van der Waals surface area (Å²) in [6.45, 7) is 6.93. The van der Waals surface area contributed by atoms with Crippen LogP contribution in [0, 0.1) is 18.3 Å². The lowest BCUT2D eigenvalue weighted by molar-refractivity contribution is 0.0635. The van der Waals surface area contributed by atoms with E-state index in [0.717, 1.165) is 5.56 Å². The Labute approximate surface area is 158 Å². The third kappa shape index (κ3) is 5.72. The third-order valence-corrected chi connectivity index (χ3v) is 4.50. The predicted molar refractivity (Wildman–Crippen MR) is 100 cm³/mol. The van der Waals surface area contributed by atoms with Crippen LogP contribution in [0.15, 0.2) is 47.4 Å². The predicted octanol–water partition coefficient (Wildman–Crippen LogP) is 3.98. The molecule has 27 heavy (non-hydrogen) atoms. The smallest absolute Gasteiger partial charge is 0.412 e. The summed E-state index contributed by atoms with van der Waals surface area (Å²) in [6.07, 6.45) is -0.773. The fourth-order valence-electron chi connectivity index (χ4n) is 2.05. The van der Waals surface area contributed by atoms with Crippen molar-refractivity contribution in [3.05, 3.63) is 53.6 Å². The lowest BCUT2D eigenvalue weighted by atomic mass is 10.2. The standard InChI is InChI=1S/C19H20N2O5S/c1-13-5-8-15(9-6-13)27(23,24)26-17-11-14(12-20)7-10-16(17)21-18(22)25-19(2,3)4/h5-11H,1-4H3,(H,21,22). The molecule has 8 heteroatoms. The van der Waals surface area contributed by atoms with Gasteiger partial charge in [0.05, 0.1) is 17.3 Å². The second-order valence-electron chi connectivity index (χ2n) is 6.80. The highest BCUT2D eigenvalue weighted by Crippen LogP contribution is 2.29. The van der Waals surface area contributed by atoms with Crippen molar-refractivity contribution in [2.75, 3.05) is 5.32 Å². The number of rotatable bonds is 4. The fourth-order valence-corrected chi connectivity index (χ4v) is 2.99. The van der Waals surface area contributed by atoms with Crippen LogP contribution in [0.4, 0.5) is 10.5 Å². The zero-order chi connectivity index (χ0) is 20.2. The second-order valence-corrected chi connectivity index (χ2v) is 8.35. The van der Waals surface area contributed by atoms with E-state index in [9.17, 15) is 13.2 Å². The van der Waals surface area contributed by atoms with Gasteiger partial charge in [-0.25, -0.2) is 4.79 Å². The van der Waals surface area contributed by atoms with Crippen molar-refractivity contribution < 1.29 is 22.1 Å². The number of aryl methyl sites for hydroxylation is 1. The number of amides is 1. The molecule has 7 nitrogen and oxygen atoms in total. The lowest BCUT2D eigenvalue weighted by Gasteiger charge is -2.20. The molecule has 0 aromatic heterocycles. The van der Waals surface area contributed by atoms with E-state index in [1.54, 1.807) is 32.9 Å². The van der Waals surface area contributed by atoms with E-state index in [-0.39, 0.29) is 21.9 Å². The van der Waals surface area contributed by atoms with Gasteiger partial charge in [0.25, 0.3) is 0 Å². The summed E-state index contributed by atoms with van der Waals surface area (Å²) >= 11 is 0. The minimum Gasteiger partial charge on any atom is -0.444 e. The summed E-state index contributed by atoms with van der Waals surface area (Å²) < 4.78 is 35.4. The molecule has 0 aliphatic rings. The molecule has 0 spiro atoms.